The quantitative estimate of drug-likeness (QED) is 0.780. The summed E-state index contributed by atoms with van der Waals surface area (Å²) in [6.45, 7) is 2.06. The Morgan fingerprint density at radius 1 is 1.45 bits per heavy atom. The number of carbonyl (C=O) groups excluding carboxylic acids is 1. The van der Waals surface area contributed by atoms with Crippen LogP contribution in [0.5, 0.6) is 0 Å². The predicted octanol–water partition coefficient (Wildman–Crippen LogP) is 2.48. The van der Waals surface area contributed by atoms with Gasteiger partial charge >= 0.3 is 5.97 Å². The van der Waals surface area contributed by atoms with Crippen LogP contribution in [0.25, 0.3) is 5.52 Å². The smallest absolute Gasteiger partial charge is 0.303 e. The van der Waals surface area contributed by atoms with E-state index >= 15 is 0 Å². The standard InChI is InChI=1S/C19H21F2N5O3/c1-10(27)29-16-9-28-5-4-14(16)24-19-23-8-15-17(21)13(7-22)18(26(15)25-19)11-2-3-12(20)6-11/h8,11-12,14,16H,2-6,9H2,1H3,(H,24,25)/t11-,12-,14+,16+/m0/s1. The third-order valence-electron chi connectivity index (χ3n) is 5.46. The molecule has 1 saturated heterocycles. The number of fused-ring (bicyclic) bond motifs is 1. The van der Waals surface area contributed by atoms with Crippen LogP contribution in [0.3, 0.4) is 0 Å². The first kappa shape index (κ1) is 19.5. The zero-order chi connectivity index (χ0) is 20.5. The van der Waals surface area contributed by atoms with Crippen molar-refractivity contribution in [1.29, 1.82) is 5.26 Å². The first-order chi connectivity index (χ1) is 14.0. The first-order valence-electron chi connectivity index (χ1n) is 9.60. The van der Waals surface area contributed by atoms with E-state index in [2.05, 4.69) is 15.4 Å². The van der Waals surface area contributed by atoms with E-state index in [1.54, 1.807) is 0 Å². The van der Waals surface area contributed by atoms with Crippen molar-refractivity contribution in [3.05, 3.63) is 23.3 Å². The lowest BCUT2D eigenvalue weighted by atomic mass is 10.0. The van der Waals surface area contributed by atoms with Gasteiger partial charge in [0.1, 0.15) is 29.4 Å². The van der Waals surface area contributed by atoms with Gasteiger partial charge in [-0.1, -0.05) is 0 Å². The van der Waals surface area contributed by atoms with Crippen LogP contribution >= 0.6 is 0 Å². The molecule has 8 nitrogen and oxygen atoms in total. The molecule has 0 unspecified atom stereocenters. The summed E-state index contributed by atoms with van der Waals surface area (Å²) in [7, 11) is 0. The Morgan fingerprint density at radius 3 is 2.97 bits per heavy atom. The topological polar surface area (TPSA) is 102 Å². The second kappa shape index (κ2) is 7.91. The van der Waals surface area contributed by atoms with Gasteiger partial charge in [0.2, 0.25) is 5.95 Å². The third kappa shape index (κ3) is 3.74. The van der Waals surface area contributed by atoms with Crippen LogP contribution in [-0.4, -0.2) is 52.1 Å². The van der Waals surface area contributed by atoms with Crippen molar-refractivity contribution >= 4 is 17.4 Å². The minimum absolute atomic E-state index is 0.0768. The van der Waals surface area contributed by atoms with Gasteiger partial charge in [0.15, 0.2) is 5.82 Å². The number of esters is 1. The first-order valence-corrected chi connectivity index (χ1v) is 9.60. The average Bonchev–Trinajstić information content (AvgIpc) is 3.23. The van der Waals surface area contributed by atoms with Gasteiger partial charge < -0.3 is 14.8 Å². The highest BCUT2D eigenvalue weighted by atomic mass is 19.1. The molecule has 1 saturated carbocycles. The van der Waals surface area contributed by atoms with Crippen molar-refractivity contribution in [3.8, 4) is 6.07 Å². The van der Waals surface area contributed by atoms with Gasteiger partial charge in [-0.05, 0) is 25.7 Å². The van der Waals surface area contributed by atoms with Crippen molar-refractivity contribution in [2.45, 2.75) is 56.8 Å². The lowest BCUT2D eigenvalue weighted by Gasteiger charge is -2.31. The van der Waals surface area contributed by atoms with E-state index in [1.807, 2.05) is 6.07 Å². The minimum Gasteiger partial charge on any atom is -0.458 e. The maximum absolute atomic E-state index is 14.7. The van der Waals surface area contributed by atoms with Crippen molar-refractivity contribution in [2.24, 2.45) is 0 Å². The normalized spacial score (nSPS) is 27.0. The lowest BCUT2D eigenvalue weighted by molar-refractivity contribution is -0.153. The number of halogens is 2. The SMILES string of the molecule is CC(=O)O[C@@H]1COCC[C@H]1Nc1ncc2c(F)c(C#N)c([C@H]3CC[C@H](F)C3)n2n1. The molecule has 154 valence electrons. The highest BCUT2D eigenvalue weighted by molar-refractivity contribution is 5.66. The molecule has 4 rings (SSSR count). The molecule has 2 aliphatic rings. The van der Waals surface area contributed by atoms with Gasteiger partial charge in [-0.2, -0.15) is 5.26 Å². The largest absolute Gasteiger partial charge is 0.458 e. The number of nitriles is 1. The molecule has 2 aromatic heterocycles. The van der Waals surface area contributed by atoms with Crippen LogP contribution < -0.4 is 5.32 Å². The molecule has 1 aliphatic carbocycles. The molecular formula is C19H21F2N5O3. The summed E-state index contributed by atoms with van der Waals surface area (Å²) < 4.78 is 40.5. The number of ether oxygens (including phenoxy) is 2. The van der Waals surface area contributed by atoms with Crippen LogP contribution in [0.2, 0.25) is 0 Å². The molecular weight excluding hydrogens is 384 g/mol. The molecule has 2 aromatic rings. The van der Waals surface area contributed by atoms with Crippen LogP contribution in [0.4, 0.5) is 14.7 Å². The van der Waals surface area contributed by atoms with E-state index in [9.17, 15) is 18.8 Å². The second-order valence-electron chi connectivity index (χ2n) is 7.43. The average molecular weight is 405 g/mol. The Labute approximate surface area is 165 Å². The number of hydrogen-bond donors (Lipinski definition) is 1. The number of rotatable bonds is 4. The summed E-state index contributed by atoms with van der Waals surface area (Å²) in [5.74, 6) is -1.19. The van der Waals surface area contributed by atoms with Gasteiger partial charge in [-0.15, -0.1) is 5.10 Å². The Hall–Kier alpha value is -2.80. The molecule has 0 spiro atoms. The highest BCUT2D eigenvalue weighted by Crippen LogP contribution is 2.39. The Bertz CT molecular complexity index is 973. The number of hydrogen-bond acceptors (Lipinski definition) is 7. The monoisotopic (exact) mass is 405 g/mol. The molecule has 29 heavy (non-hydrogen) atoms. The third-order valence-corrected chi connectivity index (χ3v) is 5.46. The van der Waals surface area contributed by atoms with Crippen LogP contribution in [0, 0.1) is 17.1 Å². The fraction of sp³-hybridized carbons (Fsp3) is 0.579. The summed E-state index contributed by atoms with van der Waals surface area (Å²) in [4.78, 5) is 15.5. The molecule has 0 bridgehead atoms. The van der Waals surface area contributed by atoms with Crippen LogP contribution in [-0.2, 0) is 14.3 Å². The second-order valence-corrected chi connectivity index (χ2v) is 7.43. The van der Waals surface area contributed by atoms with Crippen molar-refractivity contribution < 1.29 is 23.0 Å². The summed E-state index contributed by atoms with van der Waals surface area (Å²) in [5.41, 5.74) is 0.349. The van der Waals surface area contributed by atoms with Crippen molar-refractivity contribution in [1.82, 2.24) is 14.6 Å². The van der Waals surface area contributed by atoms with E-state index in [1.165, 1.54) is 17.6 Å². The van der Waals surface area contributed by atoms with Gasteiger partial charge in [0.25, 0.3) is 0 Å². The van der Waals surface area contributed by atoms with E-state index < -0.39 is 24.1 Å². The van der Waals surface area contributed by atoms with Crippen LogP contribution in [0.15, 0.2) is 6.20 Å². The number of aromatic nitrogens is 3. The maximum Gasteiger partial charge on any atom is 0.303 e. The maximum atomic E-state index is 14.7. The van der Waals surface area contributed by atoms with E-state index in [0.717, 1.165) is 0 Å². The highest BCUT2D eigenvalue weighted by Gasteiger charge is 2.33. The summed E-state index contributed by atoms with van der Waals surface area (Å²) in [6.07, 6.45) is 1.56. The van der Waals surface area contributed by atoms with Crippen LogP contribution in [0.1, 0.15) is 49.8 Å². The number of carbonyl (C=O) groups is 1. The Balaban J connectivity index is 1.68. The van der Waals surface area contributed by atoms with Crippen molar-refractivity contribution in [3.63, 3.8) is 0 Å². The molecule has 2 fully saturated rings. The molecule has 0 aromatic carbocycles. The Morgan fingerprint density at radius 2 is 2.28 bits per heavy atom. The fourth-order valence-electron chi connectivity index (χ4n) is 4.13. The summed E-state index contributed by atoms with van der Waals surface area (Å²) in [5, 5.41) is 17.0. The van der Waals surface area contributed by atoms with Gasteiger partial charge in [0.05, 0.1) is 24.5 Å². The number of alkyl halides is 1. The summed E-state index contributed by atoms with van der Waals surface area (Å²) in [6, 6.07) is 1.62. The van der Waals surface area contributed by atoms with E-state index in [-0.39, 0.29) is 42.0 Å². The molecule has 10 heteroatoms. The summed E-state index contributed by atoms with van der Waals surface area (Å²) >= 11 is 0. The molecule has 4 atom stereocenters. The Kier molecular flexibility index (Phi) is 5.32. The zero-order valence-electron chi connectivity index (χ0n) is 15.9. The van der Waals surface area contributed by atoms with E-state index in [4.69, 9.17) is 9.47 Å². The lowest BCUT2D eigenvalue weighted by Crippen LogP contribution is -2.44. The molecule has 3 heterocycles. The fourth-order valence-corrected chi connectivity index (χ4v) is 4.13. The zero-order valence-corrected chi connectivity index (χ0v) is 15.9. The predicted molar refractivity (Wildman–Crippen MR) is 97.5 cm³/mol. The molecule has 0 radical (unpaired) electrons. The number of anilines is 1. The van der Waals surface area contributed by atoms with E-state index in [0.29, 0.717) is 31.6 Å². The number of nitrogens with zero attached hydrogens (tertiary/aromatic N) is 4. The van der Waals surface area contributed by atoms with Gasteiger partial charge in [-0.3, -0.25) is 4.79 Å². The minimum atomic E-state index is -0.966. The van der Waals surface area contributed by atoms with Crippen molar-refractivity contribution in [2.75, 3.05) is 18.5 Å². The number of nitrogens with one attached hydrogen (secondary N) is 1. The molecule has 1 aliphatic heterocycles. The van der Waals surface area contributed by atoms with Gasteiger partial charge in [-0.25, -0.2) is 18.3 Å². The van der Waals surface area contributed by atoms with Gasteiger partial charge in [0, 0.05) is 19.4 Å². The molecule has 0 amide bonds. The molecule has 1 N–H and O–H groups in total.